The zero-order valence-electron chi connectivity index (χ0n) is 23.0. The molecule has 199 valence electrons. The molecule has 0 N–H and O–H groups in total. The molecule has 3 heterocycles. The number of hydrogen-bond donors (Lipinski definition) is 0. The molecule has 6 aromatic rings. The number of hydrogen-bond acceptors (Lipinski definition) is 3. The van der Waals surface area contributed by atoms with Crippen molar-refractivity contribution in [3.63, 3.8) is 0 Å². The molecular formula is C34H32IrN2SSi-2. The summed E-state index contributed by atoms with van der Waals surface area (Å²) in [6, 6.07) is 35.9. The summed E-state index contributed by atoms with van der Waals surface area (Å²) in [5.41, 5.74) is 5.41. The Bertz CT molecular complexity index is 1660. The molecule has 3 aromatic heterocycles. The maximum atomic E-state index is 4.51. The van der Waals surface area contributed by atoms with E-state index in [1.807, 2.05) is 66.2 Å². The van der Waals surface area contributed by atoms with Gasteiger partial charge >= 0.3 is 0 Å². The zero-order chi connectivity index (χ0) is 26.7. The number of aromatic nitrogens is 2. The molecule has 0 spiro atoms. The largest absolute Gasteiger partial charge is 0.305 e. The van der Waals surface area contributed by atoms with E-state index >= 15 is 0 Å². The van der Waals surface area contributed by atoms with Crippen molar-refractivity contribution in [2.45, 2.75) is 39.4 Å². The van der Waals surface area contributed by atoms with Gasteiger partial charge in [-0.05, 0) is 45.1 Å². The van der Waals surface area contributed by atoms with Crippen LogP contribution in [0.5, 0.6) is 0 Å². The molecule has 0 saturated heterocycles. The van der Waals surface area contributed by atoms with Gasteiger partial charge in [-0.3, -0.25) is 0 Å². The van der Waals surface area contributed by atoms with Gasteiger partial charge in [-0.1, -0.05) is 80.5 Å². The summed E-state index contributed by atoms with van der Waals surface area (Å²) >= 11 is 1.85. The smallest absolute Gasteiger partial charge is 0.0776 e. The van der Waals surface area contributed by atoms with Crippen molar-refractivity contribution in [1.29, 1.82) is 0 Å². The summed E-state index contributed by atoms with van der Waals surface area (Å²) in [5, 5.41) is 4.21. The first-order valence-corrected chi connectivity index (χ1v) is 17.3. The Morgan fingerprint density at radius 2 is 1.59 bits per heavy atom. The van der Waals surface area contributed by atoms with Crippen molar-refractivity contribution in [1.82, 2.24) is 9.97 Å². The molecule has 6 rings (SSSR count). The molecule has 0 amide bonds. The SMILES string of the molecule is CC(C)c1ccc(-c2[c-]cccc2)nc1.C[Si](C)(C)c1ccc2sc3c(-c4ccccn4)[c-]ccc3c2c1.[Ir]. The quantitative estimate of drug-likeness (QED) is 0.134. The van der Waals surface area contributed by atoms with Crippen LogP contribution in [-0.4, -0.2) is 18.0 Å². The van der Waals surface area contributed by atoms with Crippen LogP contribution in [0.25, 0.3) is 42.7 Å². The Morgan fingerprint density at radius 3 is 2.23 bits per heavy atom. The van der Waals surface area contributed by atoms with Crippen LogP contribution in [-0.2, 0) is 20.1 Å². The maximum Gasteiger partial charge on any atom is 0.0776 e. The summed E-state index contributed by atoms with van der Waals surface area (Å²) in [5.74, 6) is 0.534. The van der Waals surface area contributed by atoms with Crippen LogP contribution in [0.4, 0.5) is 0 Å². The van der Waals surface area contributed by atoms with Gasteiger partial charge in [0.05, 0.1) is 8.07 Å². The van der Waals surface area contributed by atoms with E-state index in [-0.39, 0.29) is 20.1 Å². The third-order valence-electron chi connectivity index (χ3n) is 6.66. The van der Waals surface area contributed by atoms with E-state index < -0.39 is 8.07 Å². The predicted octanol–water partition coefficient (Wildman–Crippen LogP) is 9.13. The maximum absolute atomic E-state index is 4.51. The minimum atomic E-state index is -1.30. The van der Waals surface area contributed by atoms with Gasteiger partial charge in [-0.25, -0.2) is 0 Å². The summed E-state index contributed by atoms with van der Waals surface area (Å²) < 4.78 is 2.63. The fourth-order valence-electron chi connectivity index (χ4n) is 4.37. The summed E-state index contributed by atoms with van der Waals surface area (Å²) in [6.07, 6.45) is 3.79. The fraction of sp³-hybridized carbons (Fsp3) is 0.176. The van der Waals surface area contributed by atoms with Crippen LogP contribution in [0.3, 0.4) is 0 Å². The molecule has 1 radical (unpaired) electrons. The number of rotatable bonds is 4. The van der Waals surface area contributed by atoms with Crippen LogP contribution < -0.4 is 5.19 Å². The van der Waals surface area contributed by atoms with Crippen LogP contribution in [0.2, 0.25) is 19.6 Å². The topological polar surface area (TPSA) is 25.8 Å². The van der Waals surface area contributed by atoms with Gasteiger partial charge in [0.15, 0.2) is 0 Å². The van der Waals surface area contributed by atoms with Crippen molar-refractivity contribution in [3.8, 4) is 22.5 Å². The number of pyridine rings is 2. The summed E-state index contributed by atoms with van der Waals surface area (Å²) in [6.45, 7) is 11.5. The molecular weight excluding hydrogens is 689 g/mol. The van der Waals surface area contributed by atoms with Crippen LogP contribution >= 0.6 is 11.3 Å². The van der Waals surface area contributed by atoms with Crippen LogP contribution in [0.1, 0.15) is 25.3 Å². The first-order chi connectivity index (χ1) is 18.3. The second-order valence-corrected chi connectivity index (χ2v) is 16.9. The summed E-state index contributed by atoms with van der Waals surface area (Å²) in [4.78, 5) is 8.95. The minimum absolute atomic E-state index is 0. The Morgan fingerprint density at radius 1 is 0.769 bits per heavy atom. The second kappa shape index (κ2) is 12.5. The van der Waals surface area contributed by atoms with E-state index in [1.54, 1.807) is 0 Å². The Hall–Kier alpha value is -2.95. The molecule has 2 nitrogen and oxygen atoms in total. The molecule has 0 saturated carbocycles. The van der Waals surface area contributed by atoms with Gasteiger partial charge in [-0.15, -0.1) is 59.7 Å². The van der Waals surface area contributed by atoms with Crippen LogP contribution in [0, 0.1) is 12.1 Å². The van der Waals surface area contributed by atoms with Crippen molar-refractivity contribution in [2.75, 3.05) is 0 Å². The number of nitrogens with zero attached hydrogens (tertiary/aromatic N) is 2. The first-order valence-electron chi connectivity index (χ1n) is 13.0. The minimum Gasteiger partial charge on any atom is -0.305 e. The van der Waals surface area contributed by atoms with Gasteiger partial charge in [0, 0.05) is 37.2 Å². The van der Waals surface area contributed by atoms with E-state index in [0.717, 1.165) is 22.5 Å². The number of thiophene rings is 1. The molecule has 0 bridgehead atoms. The predicted molar refractivity (Wildman–Crippen MR) is 167 cm³/mol. The monoisotopic (exact) mass is 721 g/mol. The number of benzene rings is 3. The fourth-order valence-corrected chi connectivity index (χ4v) is 6.72. The molecule has 3 aromatic carbocycles. The zero-order valence-corrected chi connectivity index (χ0v) is 27.2. The normalized spacial score (nSPS) is 11.2. The van der Waals surface area contributed by atoms with Gasteiger partial charge in [0.25, 0.3) is 0 Å². The standard InChI is InChI=1S/C20H18NSSi.C14H14N.Ir/c1-23(2,3)14-10-11-19-17(13-14)15-7-6-8-16(20(15)22-19)18-9-4-5-12-21-18;1-11(2)13-8-9-14(15-10-13)12-6-4-3-5-7-12;/h4-7,9-13H,1-3H3;3-6,8-11H,1-2H3;/q2*-1;. The van der Waals surface area contributed by atoms with Crippen molar-refractivity contribution in [3.05, 3.63) is 115 Å². The van der Waals surface area contributed by atoms with E-state index in [0.29, 0.717) is 5.92 Å². The molecule has 39 heavy (non-hydrogen) atoms. The van der Waals surface area contributed by atoms with E-state index in [1.165, 1.54) is 30.9 Å². The molecule has 5 heteroatoms. The number of fused-ring (bicyclic) bond motifs is 3. The summed E-state index contributed by atoms with van der Waals surface area (Å²) in [7, 11) is -1.30. The Labute approximate surface area is 250 Å². The average Bonchev–Trinajstić information content (AvgIpc) is 3.32. The second-order valence-electron chi connectivity index (χ2n) is 10.8. The third-order valence-corrected chi connectivity index (χ3v) is 9.90. The van der Waals surface area contributed by atoms with Gasteiger partial charge in [-0.2, -0.15) is 11.3 Å². The van der Waals surface area contributed by atoms with Gasteiger partial charge in [0.2, 0.25) is 0 Å². The van der Waals surface area contributed by atoms with Crippen molar-refractivity contribution in [2.24, 2.45) is 0 Å². The van der Waals surface area contributed by atoms with Crippen molar-refractivity contribution >= 4 is 44.8 Å². The Balaban J connectivity index is 0.000000192. The van der Waals surface area contributed by atoms with E-state index in [4.69, 9.17) is 0 Å². The first kappa shape index (κ1) is 29.0. The molecule has 0 aliphatic rings. The van der Waals surface area contributed by atoms with Crippen LogP contribution in [0.15, 0.2) is 97.3 Å². The average molecular weight is 721 g/mol. The van der Waals surface area contributed by atoms with Gasteiger partial charge in [0.1, 0.15) is 0 Å². The molecule has 0 aliphatic heterocycles. The molecule has 0 fully saturated rings. The third kappa shape index (κ3) is 6.62. The molecule has 0 aliphatic carbocycles. The Kier molecular flexibility index (Phi) is 9.29. The van der Waals surface area contributed by atoms with Gasteiger partial charge < -0.3 is 9.97 Å². The van der Waals surface area contributed by atoms with E-state index in [2.05, 4.69) is 98.1 Å². The molecule has 0 unspecified atom stereocenters. The van der Waals surface area contributed by atoms with E-state index in [9.17, 15) is 0 Å². The molecule has 0 atom stereocenters. The van der Waals surface area contributed by atoms with Crippen molar-refractivity contribution < 1.29 is 20.1 Å².